The minimum atomic E-state index is -1.03. The van der Waals surface area contributed by atoms with Crippen molar-refractivity contribution in [3.05, 3.63) is 63.7 Å². The second kappa shape index (κ2) is 11.1. The fourth-order valence-corrected chi connectivity index (χ4v) is 5.36. The predicted octanol–water partition coefficient (Wildman–Crippen LogP) is 5.44. The summed E-state index contributed by atoms with van der Waals surface area (Å²) >= 11 is 7.61. The lowest BCUT2D eigenvalue weighted by molar-refractivity contribution is -0.144. The molecule has 1 atom stereocenters. The number of aliphatic carboxylic acids is 1. The van der Waals surface area contributed by atoms with Crippen LogP contribution < -0.4 is 10.3 Å². The van der Waals surface area contributed by atoms with Crippen molar-refractivity contribution >= 4 is 84.2 Å². The Kier molecular flexibility index (Phi) is 8.67. The Hall–Kier alpha value is -1.54. The number of carboxylic acids is 1. The van der Waals surface area contributed by atoms with Gasteiger partial charge in [0.2, 0.25) is 0 Å². The highest BCUT2D eigenvalue weighted by atomic mass is 127. The Balaban J connectivity index is 2.03. The van der Waals surface area contributed by atoms with Crippen molar-refractivity contribution in [3.8, 4) is 5.75 Å². The molecule has 10 heteroatoms. The molecule has 0 aliphatic rings. The summed E-state index contributed by atoms with van der Waals surface area (Å²) in [7, 11) is 0. The number of benzene rings is 2. The largest absolute Gasteiger partial charge is 0.479 e. The van der Waals surface area contributed by atoms with Crippen LogP contribution in [0.2, 0.25) is 0 Å². The van der Waals surface area contributed by atoms with Crippen LogP contribution in [0.4, 0.5) is 0 Å². The van der Waals surface area contributed by atoms with Crippen molar-refractivity contribution in [2.45, 2.75) is 39.2 Å². The van der Waals surface area contributed by atoms with Crippen LogP contribution in [0, 0.1) is 7.14 Å². The lowest BCUT2D eigenvalue weighted by Gasteiger charge is -2.14. The van der Waals surface area contributed by atoms with Crippen LogP contribution in [0.5, 0.6) is 5.75 Å². The van der Waals surface area contributed by atoms with Crippen LogP contribution in [0.25, 0.3) is 10.9 Å². The van der Waals surface area contributed by atoms with Crippen LogP contribution in [0.15, 0.2) is 44.7 Å². The summed E-state index contributed by atoms with van der Waals surface area (Å²) < 4.78 is 9.24. The Morgan fingerprint density at radius 2 is 2.00 bits per heavy atom. The van der Waals surface area contributed by atoms with E-state index in [1.807, 2.05) is 24.3 Å². The number of hydrogen-bond donors (Lipinski definition) is 1. The van der Waals surface area contributed by atoms with E-state index in [-0.39, 0.29) is 5.56 Å². The van der Waals surface area contributed by atoms with E-state index in [0.717, 1.165) is 30.0 Å². The van der Waals surface area contributed by atoms with Crippen molar-refractivity contribution in [3.63, 3.8) is 0 Å². The van der Waals surface area contributed by atoms with E-state index in [0.29, 0.717) is 28.9 Å². The van der Waals surface area contributed by atoms with Crippen molar-refractivity contribution in [1.29, 1.82) is 0 Å². The minimum absolute atomic E-state index is 0.224. The number of ether oxygens (including phenoxy) is 1. The second-order valence-electron chi connectivity index (χ2n) is 7.07. The molecule has 0 aliphatic heterocycles. The number of halogens is 3. The maximum atomic E-state index is 13.2. The number of rotatable bonds is 8. The first-order valence-corrected chi connectivity index (χ1v) is 12.8. The zero-order valence-electron chi connectivity index (χ0n) is 17.3. The van der Waals surface area contributed by atoms with Gasteiger partial charge in [0, 0.05) is 10.9 Å². The van der Waals surface area contributed by atoms with E-state index < -0.39 is 12.1 Å². The minimum Gasteiger partial charge on any atom is -0.479 e. The molecule has 0 saturated heterocycles. The molecule has 0 radical (unpaired) electrons. The molecule has 0 fully saturated rings. The van der Waals surface area contributed by atoms with Gasteiger partial charge in [-0.1, -0.05) is 29.3 Å². The number of nitrogens with zero attached hydrogens (tertiary/aromatic N) is 3. The van der Waals surface area contributed by atoms with Gasteiger partial charge in [-0.25, -0.2) is 9.78 Å². The van der Waals surface area contributed by atoms with E-state index in [2.05, 4.69) is 78.1 Å². The van der Waals surface area contributed by atoms with Gasteiger partial charge < -0.3 is 9.84 Å². The number of carbonyl (C=O) groups is 1. The van der Waals surface area contributed by atoms with E-state index in [9.17, 15) is 9.59 Å². The lowest BCUT2D eigenvalue weighted by atomic mass is 10.2. The molecule has 1 N–H and O–H groups in total. The topological polar surface area (TPSA) is 93.8 Å². The average Bonchev–Trinajstić information content (AvgIpc) is 2.74. The van der Waals surface area contributed by atoms with E-state index >= 15 is 0 Å². The smallest absolute Gasteiger partial charge is 0.344 e. The van der Waals surface area contributed by atoms with E-state index in [4.69, 9.17) is 9.84 Å². The van der Waals surface area contributed by atoms with Gasteiger partial charge in [-0.2, -0.15) is 9.78 Å². The summed E-state index contributed by atoms with van der Waals surface area (Å²) in [6, 6.07) is 9.11. The molecule has 2 aromatic carbocycles. The van der Waals surface area contributed by atoms with Crippen LogP contribution >= 0.6 is 61.1 Å². The molecule has 3 rings (SSSR count). The Morgan fingerprint density at radius 3 is 2.62 bits per heavy atom. The van der Waals surface area contributed by atoms with Crippen molar-refractivity contribution < 1.29 is 14.6 Å². The van der Waals surface area contributed by atoms with Crippen molar-refractivity contribution in [2.24, 2.45) is 5.10 Å². The molecular weight excluding hydrogens is 704 g/mol. The summed E-state index contributed by atoms with van der Waals surface area (Å²) in [4.78, 5) is 29.0. The molecule has 0 aliphatic carbocycles. The summed E-state index contributed by atoms with van der Waals surface area (Å²) in [5, 5.41) is 14.1. The average molecular weight is 724 g/mol. The molecular formula is C22H20BrI2N3O4. The van der Waals surface area contributed by atoms with Gasteiger partial charge in [0.1, 0.15) is 11.6 Å². The number of aryl methyl sites for hydroxylation is 1. The third-order valence-corrected chi connectivity index (χ3v) is 6.71. The van der Waals surface area contributed by atoms with Crippen molar-refractivity contribution in [1.82, 2.24) is 9.66 Å². The highest BCUT2D eigenvalue weighted by Crippen LogP contribution is 2.29. The van der Waals surface area contributed by atoms with Gasteiger partial charge in [-0.3, -0.25) is 4.79 Å². The quantitative estimate of drug-likeness (QED) is 0.247. The summed E-state index contributed by atoms with van der Waals surface area (Å²) in [6.07, 6.45) is 3.17. The van der Waals surface area contributed by atoms with Crippen LogP contribution in [-0.4, -0.2) is 33.1 Å². The number of carboxylic acid groups (broad SMARTS) is 1. The number of aromatic nitrogens is 2. The van der Waals surface area contributed by atoms with Gasteiger partial charge in [-0.05, 0) is 94.4 Å². The molecule has 1 heterocycles. The highest BCUT2D eigenvalue weighted by Gasteiger charge is 2.17. The number of hydrogen-bond acceptors (Lipinski definition) is 5. The van der Waals surface area contributed by atoms with Crippen LogP contribution in [-0.2, 0) is 11.2 Å². The molecule has 3 aromatic rings. The first kappa shape index (κ1) is 25.1. The van der Waals surface area contributed by atoms with Gasteiger partial charge in [0.25, 0.3) is 5.56 Å². The third-order valence-electron chi connectivity index (χ3n) is 4.61. The summed E-state index contributed by atoms with van der Waals surface area (Å²) in [6.45, 7) is 3.57. The highest BCUT2D eigenvalue weighted by molar-refractivity contribution is 14.1. The van der Waals surface area contributed by atoms with Crippen LogP contribution in [0.3, 0.4) is 0 Å². The summed E-state index contributed by atoms with van der Waals surface area (Å²) in [5.41, 5.74) is 1.18. The molecule has 0 amide bonds. The van der Waals surface area contributed by atoms with Gasteiger partial charge in [-0.15, -0.1) is 0 Å². The molecule has 0 saturated carbocycles. The van der Waals surface area contributed by atoms with Crippen molar-refractivity contribution in [2.75, 3.05) is 0 Å². The molecule has 0 unspecified atom stereocenters. The lowest BCUT2D eigenvalue weighted by Crippen LogP contribution is -2.24. The SMILES string of the molecule is CCCCc1nc2ccc(Br)cc2c(=O)n1N=Cc1cc(I)c(O[C@@H](C)C(=O)O)c(I)c1. The molecule has 1 aromatic heterocycles. The van der Waals surface area contributed by atoms with Gasteiger partial charge in [0.05, 0.1) is 24.3 Å². The number of unbranched alkanes of at least 4 members (excludes halogenated alkanes) is 1. The normalized spacial score (nSPS) is 12.4. The zero-order valence-corrected chi connectivity index (χ0v) is 23.2. The molecule has 0 spiro atoms. The molecule has 168 valence electrons. The molecule has 32 heavy (non-hydrogen) atoms. The maximum Gasteiger partial charge on any atom is 0.344 e. The monoisotopic (exact) mass is 723 g/mol. The van der Waals surface area contributed by atoms with E-state index in [1.165, 1.54) is 11.6 Å². The fraction of sp³-hybridized carbons (Fsp3) is 0.273. The van der Waals surface area contributed by atoms with Gasteiger partial charge >= 0.3 is 5.97 Å². The molecule has 7 nitrogen and oxygen atoms in total. The Labute approximate surface area is 220 Å². The fourth-order valence-electron chi connectivity index (χ4n) is 2.93. The standard InChI is InChI=1S/C22H20BrI2N3O4/c1-3-4-5-19-27-18-7-6-14(23)10-15(18)21(29)28(19)26-11-13-8-16(24)20(17(25)9-13)32-12(2)22(30)31/h6-12H,3-5H2,1-2H3,(H,30,31)/t12-/m0/s1. The Bertz CT molecular complexity index is 1240. The molecule has 0 bridgehead atoms. The Morgan fingerprint density at radius 1 is 1.31 bits per heavy atom. The van der Waals surface area contributed by atoms with Gasteiger partial charge in [0.15, 0.2) is 6.10 Å². The summed E-state index contributed by atoms with van der Waals surface area (Å²) in [5.74, 6) is 0.0930. The third kappa shape index (κ3) is 5.87. The zero-order chi connectivity index (χ0) is 23.4. The first-order valence-electron chi connectivity index (χ1n) is 9.85. The van der Waals surface area contributed by atoms with Crippen LogP contribution in [0.1, 0.15) is 38.1 Å². The second-order valence-corrected chi connectivity index (χ2v) is 10.3. The van der Waals surface area contributed by atoms with E-state index in [1.54, 1.807) is 12.3 Å². The first-order chi connectivity index (χ1) is 15.2. The maximum absolute atomic E-state index is 13.2. The number of fused-ring (bicyclic) bond motifs is 1. The predicted molar refractivity (Wildman–Crippen MR) is 145 cm³/mol.